The van der Waals surface area contributed by atoms with Crippen LogP contribution in [-0.2, 0) is 14.8 Å². The third-order valence-corrected chi connectivity index (χ3v) is 4.57. The molecule has 3 rings (SSSR count). The van der Waals surface area contributed by atoms with Gasteiger partial charge in [0, 0.05) is 6.07 Å². The molecule has 0 saturated carbocycles. The van der Waals surface area contributed by atoms with Gasteiger partial charge in [-0.15, -0.1) is 0 Å². The first-order chi connectivity index (χ1) is 11.8. The van der Waals surface area contributed by atoms with Crippen LogP contribution in [0.3, 0.4) is 0 Å². The highest BCUT2D eigenvalue weighted by atomic mass is 32.2. The third kappa shape index (κ3) is 3.19. The third-order valence-electron chi connectivity index (χ3n) is 3.66. The summed E-state index contributed by atoms with van der Waals surface area (Å²) in [6, 6.07) is 9.20. The fourth-order valence-corrected chi connectivity index (χ4v) is 2.95. The van der Waals surface area contributed by atoms with Crippen LogP contribution >= 0.6 is 0 Å². The Kier molecular flexibility index (Phi) is 4.19. The first-order valence-electron chi connectivity index (χ1n) is 7.13. The molecule has 0 spiro atoms. The number of benzene rings is 2. The zero-order valence-electron chi connectivity index (χ0n) is 13.4. The lowest BCUT2D eigenvalue weighted by atomic mass is 10.2. The summed E-state index contributed by atoms with van der Waals surface area (Å²) in [5.41, 5.74) is 2.21. The van der Waals surface area contributed by atoms with Crippen LogP contribution in [0.15, 0.2) is 41.3 Å². The number of rotatable bonds is 4. The summed E-state index contributed by atoms with van der Waals surface area (Å²) in [5.74, 6) is 0.315. The highest BCUT2D eigenvalue weighted by Gasteiger charge is 2.16. The molecule has 0 unspecified atom stereocenters. The number of nitrogens with two attached hydrogens (primary N) is 1. The standard InChI is InChI=1S/C16H15N3O5S/c1-23-14-8-10(25(17,21)22)4-5-11(14)15-18-12-6-3-9(16(20)24-2)7-13(12)19-15/h3-8H,1-2H3,(H,18,19)(H2,17,21,22). The van der Waals surface area contributed by atoms with E-state index in [0.717, 1.165) is 0 Å². The van der Waals surface area contributed by atoms with E-state index < -0.39 is 16.0 Å². The first-order valence-corrected chi connectivity index (χ1v) is 8.67. The van der Waals surface area contributed by atoms with Crippen molar-refractivity contribution in [2.24, 2.45) is 5.14 Å². The van der Waals surface area contributed by atoms with Crippen molar-refractivity contribution in [2.45, 2.75) is 4.90 Å². The molecule has 0 saturated heterocycles. The van der Waals surface area contributed by atoms with Gasteiger partial charge in [-0.25, -0.2) is 23.3 Å². The summed E-state index contributed by atoms with van der Waals surface area (Å²) in [6.45, 7) is 0. The lowest BCUT2D eigenvalue weighted by Crippen LogP contribution is -2.12. The number of H-pyrrole nitrogens is 1. The van der Waals surface area contributed by atoms with E-state index in [-0.39, 0.29) is 4.90 Å². The number of carbonyl (C=O) groups is 1. The van der Waals surface area contributed by atoms with Gasteiger partial charge in [0.2, 0.25) is 10.0 Å². The number of fused-ring (bicyclic) bond motifs is 1. The van der Waals surface area contributed by atoms with Crippen molar-refractivity contribution in [3.63, 3.8) is 0 Å². The van der Waals surface area contributed by atoms with Gasteiger partial charge in [0.05, 0.1) is 41.3 Å². The van der Waals surface area contributed by atoms with Gasteiger partial charge >= 0.3 is 5.97 Å². The maximum atomic E-state index is 11.6. The van der Waals surface area contributed by atoms with Gasteiger partial charge in [0.25, 0.3) is 0 Å². The summed E-state index contributed by atoms with van der Waals surface area (Å²) in [4.78, 5) is 19.1. The monoisotopic (exact) mass is 361 g/mol. The summed E-state index contributed by atoms with van der Waals surface area (Å²) < 4.78 is 32.9. The number of aromatic amines is 1. The molecule has 3 N–H and O–H groups in total. The molecule has 9 heteroatoms. The number of primary sulfonamides is 1. The van der Waals surface area contributed by atoms with Gasteiger partial charge < -0.3 is 14.5 Å². The number of hydrogen-bond acceptors (Lipinski definition) is 6. The molecule has 3 aromatic rings. The van der Waals surface area contributed by atoms with Gasteiger partial charge in [-0.05, 0) is 30.3 Å². The molecule has 8 nitrogen and oxygen atoms in total. The average molecular weight is 361 g/mol. The first kappa shape index (κ1) is 16.9. The van der Waals surface area contributed by atoms with Crippen LogP contribution in [0.4, 0.5) is 0 Å². The average Bonchev–Trinajstić information content (AvgIpc) is 3.02. The van der Waals surface area contributed by atoms with Crippen LogP contribution < -0.4 is 9.88 Å². The van der Waals surface area contributed by atoms with Crippen molar-refractivity contribution in [3.8, 4) is 17.1 Å². The zero-order chi connectivity index (χ0) is 18.2. The van der Waals surface area contributed by atoms with E-state index in [1.165, 1.54) is 26.4 Å². The zero-order valence-corrected chi connectivity index (χ0v) is 14.3. The molecule has 0 bridgehead atoms. The Morgan fingerprint density at radius 3 is 2.56 bits per heavy atom. The highest BCUT2D eigenvalue weighted by molar-refractivity contribution is 7.89. The number of carbonyl (C=O) groups excluding carboxylic acids is 1. The summed E-state index contributed by atoms with van der Waals surface area (Å²) in [7, 11) is -1.11. The molecule has 0 fully saturated rings. The van der Waals surface area contributed by atoms with Crippen LogP contribution in [0.2, 0.25) is 0 Å². The molecule has 0 atom stereocenters. The molecule has 0 aliphatic heterocycles. The smallest absolute Gasteiger partial charge is 0.337 e. The second-order valence-electron chi connectivity index (χ2n) is 5.22. The molecule has 2 aromatic carbocycles. The second-order valence-corrected chi connectivity index (χ2v) is 6.78. The molecule has 0 radical (unpaired) electrons. The fourth-order valence-electron chi connectivity index (χ4n) is 2.42. The van der Waals surface area contributed by atoms with E-state index in [2.05, 4.69) is 9.97 Å². The number of hydrogen-bond donors (Lipinski definition) is 2. The lowest BCUT2D eigenvalue weighted by Gasteiger charge is -2.08. The molecule has 0 aliphatic carbocycles. The quantitative estimate of drug-likeness (QED) is 0.681. The number of aromatic nitrogens is 2. The Hall–Kier alpha value is -2.91. The van der Waals surface area contributed by atoms with Crippen molar-refractivity contribution in [2.75, 3.05) is 14.2 Å². The molecule has 130 valence electrons. The molecule has 0 aliphatic rings. The summed E-state index contributed by atoms with van der Waals surface area (Å²) in [6.07, 6.45) is 0. The molecule has 25 heavy (non-hydrogen) atoms. The number of methoxy groups -OCH3 is 2. The minimum Gasteiger partial charge on any atom is -0.496 e. The SMILES string of the molecule is COC(=O)c1ccc2[nH]c(-c3ccc(S(N)(=O)=O)cc3OC)nc2c1. The number of sulfonamides is 1. The predicted molar refractivity (Wildman–Crippen MR) is 90.8 cm³/mol. The van der Waals surface area contributed by atoms with E-state index >= 15 is 0 Å². The number of nitrogens with zero attached hydrogens (tertiary/aromatic N) is 1. The van der Waals surface area contributed by atoms with Gasteiger partial charge in [0.1, 0.15) is 11.6 Å². The van der Waals surface area contributed by atoms with Crippen molar-refractivity contribution >= 4 is 27.0 Å². The number of esters is 1. The minimum absolute atomic E-state index is 0.0582. The Bertz CT molecular complexity index is 1070. The summed E-state index contributed by atoms with van der Waals surface area (Å²) in [5, 5.41) is 5.14. The summed E-state index contributed by atoms with van der Waals surface area (Å²) >= 11 is 0. The van der Waals surface area contributed by atoms with Gasteiger partial charge in [0.15, 0.2) is 0 Å². The van der Waals surface area contributed by atoms with E-state index in [0.29, 0.717) is 33.7 Å². The van der Waals surface area contributed by atoms with Gasteiger partial charge in [-0.2, -0.15) is 0 Å². The second kappa shape index (κ2) is 6.19. The van der Waals surface area contributed by atoms with Crippen molar-refractivity contribution in [1.82, 2.24) is 9.97 Å². The number of nitrogens with one attached hydrogen (secondary N) is 1. The van der Waals surface area contributed by atoms with Crippen molar-refractivity contribution in [3.05, 3.63) is 42.0 Å². The van der Waals surface area contributed by atoms with E-state index in [1.54, 1.807) is 24.3 Å². The Balaban J connectivity index is 2.11. The van der Waals surface area contributed by atoms with Gasteiger partial charge in [-0.1, -0.05) is 0 Å². The Morgan fingerprint density at radius 1 is 1.16 bits per heavy atom. The molecule has 1 heterocycles. The lowest BCUT2D eigenvalue weighted by molar-refractivity contribution is 0.0601. The molecular weight excluding hydrogens is 346 g/mol. The van der Waals surface area contributed by atoms with Crippen LogP contribution in [0.5, 0.6) is 5.75 Å². The molecular formula is C16H15N3O5S. The Labute approximate surface area is 143 Å². The van der Waals surface area contributed by atoms with Crippen LogP contribution in [0.1, 0.15) is 10.4 Å². The van der Waals surface area contributed by atoms with Crippen LogP contribution in [0, 0.1) is 0 Å². The number of ether oxygens (including phenoxy) is 2. The van der Waals surface area contributed by atoms with Crippen LogP contribution in [-0.4, -0.2) is 38.6 Å². The van der Waals surface area contributed by atoms with E-state index in [1.807, 2.05) is 0 Å². The number of imidazole rings is 1. The highest BCUT2D eigenvalue weighted by Crippen LogP contribution is 2.31. The topological polar surface area (TPSA) is 124 Å². The fraction of sp³-hybridized carbons (Fsp3) is 0.125. The maximum absolute atomic E-state index is 11.6. The minimum atomic E-state index is -3.84. The normalized spacial score (nSPS) is 11.5. The molecule has 1 aromatic heterocycles. The van der Waals surface area contributed by atoms with E-state index in [9.17, 15) is 13.2 Å². The maximum Gasteiger partial charge on any atom is 0.337 e. The Morgan fingerprint density at radius 2 is 1.92 bits per heavy atom. The van der Waals surface area contributed by atoms with Gasteiger partial charge in [-0.3, -0.25) is 0 Å². The van der Waals surface area contributed by atoms with E-state index in [4.69, 9.17) is 14.6 Å². The molecule has 0 amide bonds. The van der Waals surface area contributed by atoms with Crippen LogP contribution in [0.25, 0.3) is 22.4 Å². The predicted octanol–water partition coefficient (Wildman–Crippen LogP) is 1.67. The van der Waals surface area contributed by atoms with Crippen molar-refractivity contribution in [1.29, 1.82) is 0 Å². The van der Waals surface area contributed by atoms with Crippen molar-refractivity contribution < 1.29 is 22.7 Å². The largest absolute Gasteiger partial charge is 0.496 e.